The maximum Gasteiger partial charge on any atom is 0.382 e. The molecule has 1 aromatic carbocycles. The summed E-state index contributed by atoms with van der Waals surface area (Å²) in [5, 5.41) is 10.6. The molecule has 1 aromatic rings. The van der Waals surface area contributed by atoms with E-state index in [0.29, 0.717) is 0 Å². The van der Waals surface area contributed by atoms with E-state index in [1.165, 1.54) is 0 Å². The molecular formula is C9H7F2NO4. The molecule has 86 valence electrons. The lowest BCUT2D eigenvalue weighted by Gasteiger charge is -2.09. The predicted octanol–water partition coefficient (Wildman–Crippen LogP) is 1.35. The van der Waals surface area contributed by atoms with Crippen LogP contribution in [0.25, 0.3) is 0 Å². The zero-order valence-corrected chi connectivity index (χ0v) is 7.93. The molecule has 16 heavy (non-hydrogen) atoms. The first-order chi connectivity index (χ1) is 7.58. The van der Waals surface area contributed by atoms with Crippen LogP contribution in [0.15, 0.2) is 18.2 Å². The van der Waals surface area contributed by atoms with Gasteiger partial charge in [-0.3, -0.25) is 10.1 Å². The van der Waals surface area contributed by atoms with Gasteiger partial charge in [-0.05, 0) is 12.1 Å². The number of nitrogens with zero attached hydrogens (tertiary/aromatic N) is 1. The Kier molecular flexibility index (Phi) is 2.69. The van der Waals surface area contributed by atoms with Gasteiger partial charge in [0, 0.05) is 6.07 Å². The van der Waals surface area contributed by atoms with Crippen molar-refractivity contribution in [3.8, 4) is 5.75 Å². The van der Waals surface area contributed by atoms with E-state index in [1.807, 2.05) is 0 Å². The molecule has 0 amide bonds. The van der Waals surface area contributed by atoms with Crippen molar-refractivity contribution < 1.29 is 23.2 Å². The summed E-state index contributed by atoms with van der Waals surface area (Å²) in [7, 11) is 0. The van der Waals surface area contributed by atoms with Crippen molar-refractivity contribution in [2.45, 2.75) is 12.3 Å². The molecule has 1 saturated heterocycles. The number of epoxide rings is 1. The fraction of sp³-hybridized carbons (Fsp3) is 0.333. The fourth-order valence-corrected chi connectivity index (χ4v) is 1.16. The molecule has 1 aliphatic heterocycles. The average molecular weight is 231 g/mol. The minimum absolute atomic E-state index is 0.101. The molecule has 0 radical (unpaired) electrons. The lowest BCUT2D eigenvalue weighted by atomic mass is 10.3. The molecule has 0 spiro atoms. The van der Waals surface area contributed by atoms with Crippen molar-refractivity contribution in [2.75, 3.05) is 6.61 Å². The highest BCUT2D eigenvalue weighted by Gasteiger charge is 2.43. The monoisotopic (exact) mass is 231 g/mol. The van der Waals surface area contributed by atoms with Gasteiger partial charge in [0.25, 0.3) is 0 Å². The van der Waals surface area contributed by atoms with Crippen LogP contribution < -0.4 is 4.74 Å². The van der Waals surface area contributed by atoms with E-state index in [2.05, 4.69) is 0 Å². The quantitative estimate of drug-likeness (QED) is 0.339. The van der Waals surface area contributed by atoms with Gasteiger partial charge in [0.15, 0.2) is 17.7 Å². The summed E-state index contributed by atoms with van der Waals surface area (Å²) in [4.78, 5) is 9.90. The van der Waals surface area contributed by atoms with Gasteiger partial charge >= 0.3 is 6.23 Å². The molecule has 2 rings (SSSR count). The number of benzene rings is 1. The molecule has 1 fully saturated rings. The van der Waals surface area contributed by atoms with Crippen LogP contribution in [0.5, 0.6) is 5.75 Å². The fourth-order valence-electron chi connectivity index (χ4n) is 1.16. The zero-order chi connectivity index (χ0) is 11.7. The van der Waals surface area contributed by atoms with Crippen LogP contribution >= 0.6 is 0 Å². The second-order valence-electron chi connectivity index (χ2n) is 3.24. The Morgan fingerprint density at radius 1 is 1.50 bits per heavy atom. The summed E-state index contributed by atoms with van der Waals surface area (Å²) in [5.74, 6) is -2.25. The van der Waals surface area contributed by atoms with Crippen molar-refractivity contribution in [1.82, 2.24) is 0 Å². The van der Waals surface area contributed by atoms with Gasteiger partial charge < -0.3 is 9.47 Å². The molecule has 2 atom stereocenters. The van der Waals surface area contributed by atoms with Crippen LogP contribution in [-0.2, 0) is 4.74 Å². The van der Waals surface area contributed by atoms with Crippen LogP contribution in [-0.4, -0.2) is 23.9 Å². The van der Waals surface area contributed by atoms with Crippen molar-refractivity contribution >= 4 is 0 Å². The number of ether oxygens (including phenoxy) is 2. The normalized spacial score (nSPS) is 20.2. The molecule has 0 aliphatic carbocycles. The summed E-state index contributed by atoms with van der Waals surface area (Å²) in [5.41, 5.74) is 0. The van der Waals surface area contributed by atoms with E-state index >= 15 is 0 Å². The van der Waals surface area contributed by atoms with Crippen LogP contribution in [0, 0.1) is 21.7 Å². The molecule has 0 N–H and O–H groups in total. The molecule has 0 saturated carbocycles. The largest absolute Gasteiger partial charge is 0.428 e. The summed E-state index contributed by atoms with van der Waals surface area (Å²) in [6.07, 6.45) is -2.01. The molecule has 1 unspecified atom stereocenters. The third kappa shape index (κ3) is 2.25. The first-order valence-electron chi connectivity index (χ1n) is 4.45. The smallest absolute Gasteiger partial charge is 0.382 e. The van der Waals surface area contributed by atoms with E-state index in [0.717, 1.165) is 18.2 Å². The molecule has 5 nitrogen and oxygen atoms in total. The number of hydrogen-bond donors (Lipinski definition) is 0. The second-order valence-corrected chi connectivity index (χ2v) is 3.24. The van der Waals surface area contributed by atoms with Crippen molar-refractivity contribution in [1.29, 1.82) is 0 Å². The standard InChI is InChI=1S/C9H7F2NO4/c10-6-2-1-5(3-7(6)11)16-9(12(13)14)8-4-15-8/h1-3,8-9H,4H2/t8-,9?/m1/s1. The summed E-state index contributed by atoms with van der Waals surface area (Å²) >= 11 is 0. The van der Waals surface area contributed by atoms with Gasteiger partial charge in [-0.15, -0.1) is 0 Å². The van der Waals surface area contributed by atoms with Gasteiger partial charge in [0.2, 0.25) is 0 Å². The Labute approximate surface area is 88.7 Å². The molecule has 7 heteroatoms. The lowest BCUT2D eigenvalue weighted by molar-refractivity contribution is -0.565. The molecule has 0 aromatic heterocycles. The summed E-state index contributed by atoms with van der Waals surface area (Å²) < 4.78 is 35.0. The summed E-state index contributed by atoms with van der Waals surface area (Å²) in [6.45, 7) is 0.231. The third-order valence-electron chi connectivity index (χ3n) is 2.03. The van der Waals surface area contributed by atoms with Crippen molar-refractivity contribution in [3.63, 3.8) is 0 Å². The Balaban J connectivity index is 2.12. The van der Waals surface area contributed by atoms with E-state index < -0.39 is 28.9 Å². The predicted molar refractivity (Wildman–Crippen MR) is 47.5 cm³/mol. The molecule has 0 bridgehead atoms. The van der Waals surface area contributed by atoms with Crippen LogP contribution in [0.4, 0.5) is 8.78 Å². The van der Waals surface area contributed by atoms with Crippen molar-refractivity contribution in [3.05, 3.63) is 39.9 Å². The Morgan fingerprint density at radius 3 is 2.69 bits per heavy atom. The third-order valence-corrected chi connectivity index (χ3v) is 2.03. The van der Waals surface area contributed by atoms with Gasteiger partial charge in [-0.25, -0.2) is 8.78 Å². The van der Waals surface area contributed by atoms with Gasteiger partial charge in [-0.1, -0.05) is 0 Å². The van der Waals surface area contributed by atoms with Gasteiger partial charge in [0.05, 0.1) is 11.5 Å². The maximum absolute atomic E-state index is 12.8. The minimum Gasteiger partial charge on any atom is -0.428 e. The highest BCUT2D eigenvalue weighted by molar-refractivity contribution is 5.23. The van der Waals surface area contributed by atoms with Gasteiger partial charge in [-0.2, -0.15) is 0 Å². The lowest BCUT2D eigenvalue weighted by Crippen LogP contribution is -2.32. The average Bonchev–Trinajstić information content (AvgIpc) is 3.03. The maximum atomic E-state index is 12.8. The van der Waals surface area contributed by atoms with Crippen LogP contribution in [0.1, 0.15) is 0 Å². The molecule has 1 aliphatic rings. The second kappa shape index (κ2) is 4.01. The van der Waals surface area contributed by atoms with E-state index in [4.69, 9.17) is 9.47 Å². The number of nitro groups is 1. The highest BCUT2D eigenvalue weighted by atomic mass is 19.2. The van der Waals surface area contributed by atoms with Gasteiger partial charge in [0.1, 0.15) is 5.75 Å². The Bertz CT molecular complexity index is 422. The van der Waals surface area contributed by atoms with E-state index in [9.17, 15) is 18.9 Å². The molecule has 1 heterocycles. The first kappa shape index (κ1) is 10.7. The van der Waals surface area contributed by atoms with E-state index in [1.54, 1.807) is 0 Å². The number of rotatable bonds is 4. The Morgan fingerprint density at radius 2 is 2.19 bits per heavy atom. The minimum atomic E-state index is -1.38. The number of hydrogen-bond acceptors (Lipinski definition) is 4. The van der Waals surface area contributed by atoms with Crippen molar-refractivity contribution in [2.24, 2.45) is 0 Å². The highest BCUT2D eigenvalue weighted by Crippen LogP contribution is 2.22. The molecular weight excluding hydrogens is 224 g/mol. The topological polar surface area (TPSA) is 64.9 Å². The summed E-state index contributed by atoms with van der Waals surface area (Å²) in [6, 6.07) is 2.72. The number of halogens is 2. The zero-order valence-electron chi connectivity index (χ0n) is 7.93. The first-order valence-corrected chi connectivity index (χ1v) is 4.45. The Hall–Kier alpha value is -1.76. The van der Waals surface area contributed by atoms with E-state index in [-0.39, 0.29) is 12.4 Å². The van der Waals surface area contributed by atoms with Crippen LogP contribution in [0.3, 0.4) is 0 Å². The van der Waals surface area contributed by atoms with Crippen LogP contribution in [0.2, 0.25) is 0 Å². The SMILES string of the molecule is O=[N+]([O-])C(Oc1ccc(F)c(F)c1)[C@H]1CO1.